The van der Waals surface area contributed by atoms with Gasteiger partial charge in [0.2, 0.25) is 0 Å². The molecule has 0 unspecified atom stereocenters. The number of pyridine rings is 1. The first-order valence-electron chi connectivity index (χ1n) is 6.01. The van der Waals surface area contributed by atoms with Crippen molar-refractivity contribution in [3.05, 3.63) is 57.8 Å². The van der Waals surface area contributed by atoms with E-state index in [2.05, 4.69) is 20.9 Å². The molecule has 0 aliphatic rings. The molecule has 0 N–H and O–H groups in total. The van der Waals surface area contributed by atoms with Crippen LogP contribution in [0, 0.1) is 6.92 Å². The molecule has 2 rings (SSSR count). The van der Waals surface area contributed by atoms with Gasteiger partial charge in [0, 0.05) is 21.8 Å². The van der Waals surface area contributed by atoms with Crippen molar-refractivity contribution in [2.75, 3.05) is 6.61 Å². The number of hydrogen-bond donors (Lipinski definition) is 0. The molecule has 3 nitrogen and oxygen atoms in total. The van der Waals surface area contributed by atoms with Gasteiger partial charge >= 0.3 is 0 Å². The third-order valence-electron chi connectivity index (χ3n) is 2.80. The van der Waals surface area contributed by atoms with Gasteiger partial charge in [0.25, 0.3) is 0 Å². The van der Waals surface area contributed by atoms with Crippen LogP contribution in [0.15, 0.2) is 41.1 Å². The summed E-state index contributed by atoms with van der Waals surface area (Å²) in [5.41, 5.74) is 2.13. The summed E-state index contributed by atoms with van der Waals surface area (Å²) in [6, 6.07) is 7.31. The number of hydrogen-bond acceptors (Lipinski definition) is 3. The fraction of sp³-hybridized carbons (Fsp3) is 0.200. The smallest absolute Gasteiger partial charge is 0.195 e. The van der Waals surface area contributed by atoms with Gasteiger partial charge in [-0.25, -0.2) is 0 Å². The average Bonchev–Trinajstić information content (AvgIpc) is 2.42. The molecule has 0 aliphatic heterocycles. The molecule has 0 spiro atoms. The Bertz CT molecular complexity index is 611. The molecule has 0 saturated carbocycles. The van der Waals surface area contributed by atoms with E-state index in [1.807, 2.05) is 32.0 Å². The SMILES string of the molecule is CCOc1cncc(C(=O)c2cccc(Br)c2C)c1. The van der Waals surface area contributed by atoms with E-state index < -0.39 is 0 Å². The molecule has 19 heavy (non-hydrogen) atoms. The fourth-order valence-corrected chi connectivity index (χ4v) is 2.16. The van der Waals surface area contributed by atoms with E-state index in [1.165, 1.54) is 0 Å². The molecule has 98 valence electrons. The van der Waals surface area contributed by atoms with E-state index in [-0.39, 0.29) is 5.78 Å². The second-order valence-electron chi connectivity index (χ2n) is 4.08. The van der Waals surface area contributed by atoms with Crippen LogP contribution in [-0.4, -0.2) is 17.4 Å². The summed E-state index contributed by atoms with van der Waals surface area (Å²) in [6.45, 7) is 4.36. The Morgan fingerprint density at radius 1 is 1.37 bits per heavy atom. The number of benzene rings is 1. The first-order chi connectivity index (χ1) is 9.13. The fourth-order valence-electron chi connectivity index (χ4n) is 1.80. The molecule has 1 heterocycles. The van der Waals surface area contributed by atoms with Gasteiger partial charge < -0.3 is 4.74 Å². The van der Waals surface area contributed by atoms with Crippen LogP contribution >= 0.6 is 15.9 Å². The van der Waals surface area contributed by atoms with Crippen molar-refractivity contribution in [3.63, 3.8) is 0 Å². The Morgan fingerprint density at radius 3 is 2.89 bits per heavy atom. The molecular weight excluding hydrogens is 306 g/mol. The first-order valence-corrected chi connectivity index (χ1v) is 6.80. The molecule has 0 saturated heterocycles. The van der Waals surface area contributed by atoms with Crippen LogP contribution in [0.3, 0.4) is 0 Å². The Balaban J connectivity index is 2.38. The Morgan fingerprint density at radius 2 is 2.16 bits per heavy atom. The summed E-state index contributed by atoms with van der Waals surface area (Å²) in [6.07, 6.45) is 3.17. The summed E-state index contributed by atoms with van der Waals surface area (Å²) in [5.74, 6) is 0.564. The maximum atomic E-state index is 12.5. The summed E-state index contributed by atoms with van der Waals surface area (Å²) in [5, 5.41) is 0. The largest absolute Gasteiger partial charge is 0.492 e. The highest BCUT2D eigenvalue weighted by molar-refractivity contribution is 9.10. The lowest BCUT2D eigenvalue weighted by molar-refractivity contribution is 0.103. The average molecular weight is 320 g/mol. The Labute approximate surface area is 120 Å². The van der Waals surface area contributed by atoms with E-state index in [0.29, 0.717) is 23.5 Å². The first kappa shape index (κ1) is 13.7. The minimum absolute atomic E-state index is 0.0483. The van der Waals surface area contributed by atoms with Crippen LogP contribution in [0.25, 0.3) is 0 Å². The van der Waals surface area contributed by atoms with Crippen molar-refractivity contribution in [2.45, 2.75) is 13.8 Å². The molecular formula is C15H14BrNO2. The Kier molecular flexibility index (Phi) is 4.32. The van der Waals surface area contributed by atoms with Gasteiger partial charge in [-0.2, -0.15) is 0 Å². The summed E-state index contributed by atoms with van der Waals surface area (Å²) < 4.78 is 6.29. The van der Waals surface area contributed by atoms with Crippen LogP contribution < -0.4 is 4.74 Å². The van der Waals surface area contributed by atoms with Crippen LogP contribution in [0.2, 0.25) is 0 Å². The minimum Gasteiger partial charge on any atom is -0.492 e. The van der Waals surface area contributed by atoms with Gasteiger partial charge in [-0.1, -0.05) is 28.1 Å². The molecule has 0 radical (unpaired) electrons. The minimum atomic E-state index is -0.0483. The normalized spacial score (nSPS) is 10.3. The van der Waals surface area contributed by atoms with Crippen molar-refractivity contribution in [2.24, 2.45) is 0 Å². The number of ketones is 1. The van der Waals surface area contributed by atoms with Gasteiger partial charge in [0.05, 0.1) is 12.8 Å². The van der Waals surface area contributed by atoms with E-state index >= 15 is 0 Å². The van der Waals surface area contributed by atoms with Gasteiger partial charge in [-0.3, -0.25) is 9.78 Å². The lowest BCUT2D eigenvalue weighted by Gasteiger charge is -2.08. The monoisotopic (exact) mass is 319 g/mol. The number of rotatable bonds is 4. The van der Waals surface area contributed by atoms with E-state index in [1.54, 1.807) is 18.5 Å². The van der Waals surface area contributed by atoms with Crippen molar-refractivity contribution >= 4 is 21.7 Å². The summed E-state index contributed by atoms with van der Waals surface area (Å²) in [7, 11) is 0. The predicted octanol–water partition coefficient (Wildman–Crippen LogP) is 3.78. The van der Waals surface area contributed by atoms with Gasteiger partial charge in [-0.15, -0.1) is 0 Å². The predicted molar refractivity (Wildman–Crippen MR) is 77.7 cm³/mol. The maximum absolute atomic E-state index is 12.5. The van der Waals surface area contributed by atoms with Crippen molar-refractivity contribution in [1.29, 1.82) is 0 Å². The molecule has 0 fully saturated rings. The number of carbonyl (C=O) groups is 1. The van der Waals surface area contributed by atoms with Gasteiger partial charge in [0.15, 0.2) is 5.78 Å². The summed E-state index contributed by atoms with van der Waals surface area (Å²) >= 11 is 3.43. The van der Waals surface area contributed by atoms with Crippen molar-refractivity contribution in [3.8, 4) is 5.75 Å². The summed E-state index contributed by atoms with van der Waals surface area (Å²) in [4.78, 5) is 16.5. The van der Waals surface area contributed by atoms with Crippen LogP contribution in [0.5, 0.6) is 5.75 Å². The van der Waals surface area contributed by atoms with Crippen molar-refractivity contribution < 1.29 is 9.53 Å². The molecule has 2 aromatic rings. The molecule has 0 atom stereocenters. The van der Waals surface area contributed by atoms with Crippen LogP contribution in [0.4, 0.5) is 0 Å². The zero-order valence-electron chi connectivity index (χ0n) is 10.8. The third kappa shape index (κ3) is 3.01. The number of carbonyl (C=O) groups excluding carboxylic acids is 1. The zero-order valence-corrected chi connectivity index (χ0v) is 12.4. The van der Waals surface area contributed by atoms with Gasteiger partial charge in [0.1, 0.15) is 5.75 Å². The molecule has 0 bridgehead atoms. The highest BCUT2D eigenvalue weighted by Crippen LogP contribution is 2.22. The lowest BCUT2D eigenvalue weighted by Crippen LogP contribution is -2.05. The van der Waals surface area contributed by atoms with Crippen LogP contribution in [0.1, 0.15) is 28.4 Å². The van der Waals surface area contributed by atoms with E-state index in [9.17, 15) is 4.79 Å². The number of nitrogens with zero attached hydrogens (tertiary/aromatic N) is 1. The zero-order chi connectivity index (χ0) is 13.8. The molecule has 0 aliphatic carbocycles. The second-order valence-corrected chi connectivity index (χ2v) is 4.94. The quantitative estimate of drug-likeness (QED) is 0.805. The second kappa shape index (κ2) is 5.97. The Hall–Kier alpha value is -1.68. The highest BCUT2D eigenvalue weighted by atomic mass is 79.9. The topological polar surface area (TPSA) is 39.2 Å². The number of halogens is 1. The number of aromatic nitrogens is 1. The molecule has 1 aromatic heterocycles. The lowest BCUT2D eigenvalue weighted by atomic mass is 10.0. The van der Waals surface area contributed by atoms with Gasteiger partial charge in [-0.05, 0) is 31.5 Å². The highest BCUT2D eigenvalue weighted by Gasteiger charge is 2.14. The number of ether oxygens (including phenoxy) is 1. The molecule has 0 amide bonds. The van der Waals surface area contributed by atoms with E-state index in [4.69, 9.17) is 4.74 Å². The van der Waals surface area contributed by atoms with Crippen LogP contribution in [-0.2, 0) is 0 Å². The van der Waals surface area contributed by atoms with Crippen molar-refractivity contribution in [1.82, 2.24) is 4.98 Å². The molecule has 4 heteroatoms. The maximum Gasteiger partial charge on any atom is 0.195 e. The molecule has 1 aromatic carbocycles. The van der Waals surface area contributed by atoms with E-state index in [0.717, 1.165) is 10.0 Å². The third-order valence-corrected chi connectivity index (χ3v) is 3.66. The standard InChI is InChI=1S/C15H14BrNO2/c1-3-19-12-7-11(8-17-9-12)15(18)13-5-4-6-14(16)10(13)2/h4-9H,3H2,1-2H3.